The van der Waals surface area contributed by atoms with Crippen LogP contribution in [0.2, 0.25) is 0 Å². The Bertz CT molecular complexity index is 1400. The van der Waals surface area contributed by atoms with Crippen molar-refractivity contribution in [3.63, 3.8) is 0 Å². The van der Waals surface area contributed by atoms with Crippen LogP contribution in [0.15, 0.2) is 101 Å². The lowest BCUT2D eigenvalue weighted by Crippen LogP contribution is -2.27. The zero-order chi connectivity index (χ0) is 24.9. The lowest BCUT2D eigenvalue weighted by molar-refractivity contribution is -0.122. The Morgan fingerprint density at radius 3 is 2.36 bits per heavy atom. The van der Waals surface area contributed by atoms with Gasteiger partial charge in [-0.25, -0.2) is 4.68 Å². The van der Waals surface area contributed by atoms with Crippen molar-refractivity contribution in [2.45, 2.75) is 24.8 Å². The number of rotatable bonds is 8. The molecule has 4 nitrogen and oxygen atoms in total. The predicted octanol–water partition coefficient (Wildman–Crippen LogP) is 7.44. The topological polar surface area (TPSA) is 38.1 Å². The standard InChI is InChI=1S/C29H25N3OS3/c1-2-17-35-25-15-13-22(14-16-25)27-23(20-32(30-27)24-11-7-4-8-12-24)18-26-28(33)31(29(34)36-26)19-21-9-5-3-6-10-21/h3-16,18,20H,2,17,19H2,1H3. The van der Waals surface area contributed by atoms with Crippen LogP contribution < -0.4 is 0 Å². The first-order valence-corrected chi connectivity index (χ1v) is 14.0. The monoisotopic (exact) mass is 527 g/mol. The highest BCUT2D eigenvalue weighted by Crippen LogP contribution is 2.36. The highest BCUT2D eigenvalue weighted by molar-refractivity contribution is 8.26. The second kappa shape index (κ2) is 11.3. The first-order chi connectivity index (χ1) is 17.6. The highest BCUT2D eigenvalue weighted by Gasteiger charge is 2.32. The van der Waals surface area contributed by atoms with E-state index < -0.39 is 0 Å². The molecule has 0 N–H and O–H groups in total. The van der Waals surface area contributed by atoms with Gasteiger partial charge in [0.15, 0.2) is 0 Å². The van der Waals surface area contributed by atoms with E-state index in [9.17, 15) is 4.79 Å². The average molecular weight is 528 g/mol. The largest absolute Gasteiger partial charge is 0.288 e. The van der Waals surface area contributed by atoms with Gasteiger partial charge in [0.1, 0.15) is 4.32 Å². The number of nitrogens with zero attached hydrogens (tertiary/aromatic N) is 3. The molecular formula is C29H25N3OS3. The van der Waals surface area contributed by atoms with E-state index in [0.29, 0.717) is 15.8 Å². The van der Waals surface area contributed by atoms with E-state index in [2.05, 4.69) is 31.2 Å². The molecule has 3 aromatic carbocycles. The summed E-state index contributed by atoms with van der Waals surface area (Å²) >= 11 is 8.77. The number of aromatic nitrogens is 2. The second-order valence-electron chi connectivity index (χ2n) is 8.34. The normalized spacial score (nSPS) is 14.7. The summed E-state index contributed by atoms with van der Waals surface area (Å²) in [7, 11) is 0. The molecule has 0 bridgehead atoms. The molecule has 1 amide bonds. The van der Waals surface area contributed by atoms with Crippen molar-refractivity contribution in [1.82, 2.24) is 14.7 Å². The third-order valence-corrected chi connectivity index (χ3v) is 8.30. The van der Waals surface area contributed by atoms with Gasteiger partial charge in [0.2, 0.25) is 0 Å². The smallest absolute Gasteiger partial charge is 0.266 e. The molecule has 0 saturated carbocycles. The number of carbonyl (C=O) groups is 1. The third kappa shape index (κ3) is 5.48. The van der Waals surface area contributed by atoms with Gasteiger partial charge >= 0.3 is 0 Å². The maximum absolute atomic E-state index is 13.3. The summed E-state index contributed by atoms with van der Waals surface area (Å²) in [5.41, 5.74) is 4.74. The van der Waals surface area contributed by atoms with Crippen LogP contribution in [0.5, 0.6) is 0 Å². The molecule has 0 atom stereocenters. The summed E-state index contributed by atoms with van der Waals surface area (Å²) in [4.78, 5) is 16.8. The molecule has 4 aromatic rings. The molecule has 5 rings (SSSR count). The van der Waals surface area contributed by atoms with Crippen LogP contribution in [-0.2, 0) is 11.3 Å². The maximum atomic E-state index is 13.3. The van der Waals surface area contributed by atoms with Crippen molar-refractivity contribution in [3.05, 3.63) is 107 Å². The number of carbonyl (C=O) groups excluding carboxylic acids is 1. The Hall–Kier alpha value is -3.13. The van der Waals surface area contributed by atoms with Crippen molar-refractivity contribution in [2.24, 2.45) is 0 Å². The minimum absolute atomic E-state index is 0.0708. The fraction of sp³-hybridized carbons (Fsp3) is 0.138. The van der Waals surface area contributed by atoms with E-state index in [4.69, 9.17) is 17.3 Å². The lowest BCUT2D eigenvalue weighted by atomic mass is 10.1. The van der Waals surface area contributed by atoms with Crippen LogP contribution >= 0.6 is 35.7 Å². The van der Waals surface area contributed by atoms with Gasteiger partial charge in [-0.05, 0) is 48.1 Å². The number of hydrogen-bond donors (Lipinski definition) is 0. The van der Waals surface area contributed by atoms with Gasteiger partial charge in [0, 0.05) is 22.2 Å². The van der Waals surface area contributed by atoms with E-state index in [1.54, 1.807) is 4.90 Å². The predicted molar refractivity (Wildman–Crippen MR) is 155 cm³/mol. The van der Waals surface area contributed by atoms with Crippen LogP contribution in [0, 0.1) is 0 Å². The molecular weight excluding hydrogens is 503 g/mol. The lowest BCUT2D eigenvalue weighted by Gasteiger charge is -2.14. The van der Waals surface area contributed by atoms with E-state index in [-0.39, 0.29) is 5.91 Å². The number of thiocarbonyl (C=S) groups is 1. The van der Waals surface area contributed by atoms with Crippen LogP contribution in [0.1, 0.15) is 24.5 Å². The molecule has 1 saturated heterocycles. The fourth-order valence-corrected chi connectivity index (χ4v) is 5.92. The number of hydrogen-bond acceptors (Lipinski definition) is 5. The molecule has 0 radical (unpaired) electrons. The molecule has 1 aliphatic heterocycles. The molecule has 0 spiro atoms. The van der Waals surface area contributed by atoms with Gasteiger partial charge in [-0.3, -0.25) is 9.69 Å². The minimum Gasteiger partial charge on any atom is -0.288 e. The van der Waals surface area contributed by atoms with Crippen LogP contribution in [0.3, 0.4) is 0 Å². The van der Waals surface area contributed by atoms with Crippen LogP contribution in [0.25, 0.3) is 23.0 Å². The van der Waals surface area contributed by atoms with Crippen molar-refractivity contribution >= 4 is 52.0 Å². The molecule has 180 valence electrons. The molecule has 2 heterocycles. The molecule has 0 aliphatic carbocycles. The molecule has 36 heavy (non-hydrogen) atoms. The van der Waals surface area contributed by atoms with Crippen molar-refractivity contribution in [2.75, 3.05) is 5.75 Å². The van der Waals surface area contributed by atoms with Gasteiger partial charge in [0.25, 0.3) is 5.91 Å². The Morgan fingerprint density at radius 1 is 0.972 bits per heavy atom. The van der Waals surface area contributed by atoms with Gasteiger partial charge in [-0.2, -0.15) is 5.10 Å². The Labute approximate surface area is 225 Å². The van der Waals surface area contributed by atoms with Crippen molar-refractivity contribution in [3.8, 4) is 16.9 Å². The summed E-state index contributed by atoms with van der Waals surface area (Å²) in [6, 6.07) is 28.4. The van der Waals surface area contributed by atoms with E-state index in [0.717, 1.165) is 40.2 Å². The molecule has 1 fully saturated rings. The van der Waals surface area contributed by atoms with Gasteiger partial charge < -0.3 is 0 Å². The zero-order valence-electron chi connectivity index (χ0n) is 19.8. The summed E-state index contributed by atoms with van der Waals surface area (Å²) in [5, 5.41) is 4.91. The first-order valence-electron chi connectivity index (χ1n) is 11.8. The van der Waals surface area contributed by atoms with Crippen molar-refractivity contribution in [1.29, 1.82) is 0 Å². The number of benzene rings is 3. The Balaban J connectivity index is 1.49. The Morgan fingerprint density at radius 2 is 1.67 bits per heavy atom. The molecule has 0 unspecified atom stereocenters. The number of thioether (sulfide) groups is 2. The van der Waals surface area contributed by atoms with E-state index >= 15 is 0 Å². The zero-order valence-corrected chi connectivity index (χ0v) is 22.3. The second-order valence-corrected chi connectivity index (χ2v) is 11.2. The number of amides is 1. The highest BCUT2D eigenvalue weighted by atomic mass is 32.2. The third-order valence-electron chi connectivity index (χ3n) is 5.71. The van der Waals surface area contributed by atoms with Crippen LogP contribution in [-0.4, -0.2) is 30.7 Å². The van der Waals surface area contributed by atoms with Gasteiger partial charge in [-0.1, -0.05) is 91.6 Å². The first kappa shape index (κ1) is 24.6. The summed E-state index contributed by atoms with van der Waals surface area (Å²) < 4.78 is 2.44. The minimum atomic E-state index is -0.0708. The van der Waals surface area contributed by atoms with Crippen molar-refractivity contribution < 1.29 is 4.79 Å². The van der Waals surface area contributed by atoms with Gasteiger partial charge in [-0.15, -0.1) is 11.8 Å². The molecule has 7 heteroatoms. The summed E-state index contributed by atoms with van der Waals surface area (Å²) in [5.74, 6) is 1.02. The quantitative estimate of drug-likeness (QED) is 0.135. The summed E-state index contributed by atoms with van der Waals surface area (Å²) in [6.07, 6.45) is 5.04. The van der Waals surface area contributed by atoms with Crippen LogP contribution in [0.4, 0.5) is 0 Å². The maximum Gasteiger partial charge on any atom is 0.266 e. The molecule has 1 aromatic heterocycles. The number of para-hydroxylation sites is 1. The SMILES string of the molecule is CCCSc1ccc(-c2nn(-c3ccccc3)cc2C=C2SC(=S)N(Cc3ccccc3)C2=O)cc1. The van der Waals surface area contributed by atoms with Gasteiger partial charge in [0.05, 0.1) is 22.8 Å². The fourth-order valence-electron chi connectivity index (χ4n) is 3.90. The molecule has 1 aliphatic rings. The Kier molecular flexibility index (Phi) is 7.70. The van der Waals surface area contributed by atoms with E-state index in [1.165, 1.54) is 16.7 Å². The summed E-state index contributed by atoms with van der Waals surface area (Å²) in [6.45, 7) is 2.65. The average Bonchev–Trinajstić information content (AvgIpc) is 3.45. The van der Waals surface area contributed by atoms with E-state index in [1.807, 2.05) is 89.4 Å².